The Labute approximate surface area is 118 Å². The van der Waals surface area contributed by atoms with E-state index in [0.717, 1.165) is 5.69 Å². The van der Waals surface area contributed by atoms with Crippen molar-refractivity contribution in [3.8, 4) is 11.5 Å². The topological polar surface area (TPSA) is 107 Å². The lowest BCUT2D eigenvalue weighted by molar-refractivity contribution is -0.384. The number of nitrogens with zero attached hydrogens (tertiary/aromatic N) is 4. The quantitative estimate of drug-likeness (QED) is 0.579. The van der Waals surface area contributed by atoms with Crippen LogP contribution in [-0.2, 0) is 0 Å². The molecule has 8 heteroatoms. The molecule has 21 heavy (non-hydrogen) atoms. The van der Waals surface area contributed by atoms with Gasteiger partial charge in [0.2, 0.25) is 5.89 Å². The summed E-state index contributed by atoms with van der Waals surface area (Å²) >= 11 is 0. The standard InChI is InChI=1S/C13H9N5O3/c19-18(20)11-5-3-9(4-6-11)12-16-17-13(21-12)15-10-2-1-7-14-8-10/h1-8H,(H,15,17). The Morgan fingerprint density at radius 2 is 1.95 bits per heavy atom. The van der Waals surface area contributed by atoms with Gasteiger partial charge in [0, 0.05) is 23.9 Å². The van der Waals surface area contributed by atoms with Gasteiger partial charge in [0.25, 0.3) is 5.69 Å². The first kappa shape index (κ1) is 12.7. The number of aromatic nitrogens is 3. The molecule has 0 unspecified atom stereocenters. The monoisotopic (exact) mass is 283 g/mol. The molecule has 1 aromatic carbocycles. The van der Waals surface area contributed by atoms with Gasteiger partial charge in [-0.3, -0.25) is 15.1 Å². The Kier molecular flexibility index (Phi) is 3.26. The second kappa shape index (κ2) is 5.37. The summed E-state index contributed by atoms with van der Waals surface area (Å²) in [4.78, 5) is 14.1. The minimum absolute atomic E-state index is 0.00646. The van der Waals surface area contributed by atoms with Crippen molar-refractivity contribution in [3.63, 3.8) is 0 Å². The molecule has 0 aliphatic carbocycles. The van der Waals surface area contributed by atoms with Crippen LogP contribution in [0.1, 0.15) is 0 Å². The molecule has 0 atom stereocenters. The molecule has 0 fully saturated rings. The minimum atomic E-state index is -0.465. The van der Waals surface area contributed by atoms with Crippen LogP contribution in [0.25, 0.3) is 11.5 Å². The van der Waals surface area contributed by atoms with Crippen molar-refractivity contribution in [2.24, 2.45) is 0 Å². The van der Waals surface area contributed by atoms with Crippen LogP contribution in [0.5, 0.6) is 0 Å². The normalized spacial score (nSPS) is 10.3. The van der Waals surface area contributed by atoms with Gasteiger partial charge in [-0.1, -0.05) is 5.10 Å². The lowest BCUT2D eigenvalue weighted by Gasteiger charge is -1.98. The zero-order valence-corrected chi connectivity index (χ0v) is 10.6. The summed E-state index contributed by atoms with van der Waals surface area (Å²) in [6.07, 6.45) is 3.27. The van der Waals surface area contributed by atoms with Gasteiger partial charge in [-0.2, -0.15) is 0 Å². The highest BCUT2D eigenvalue weighted by atomic mass is 16.6. The number of benzene rings is 1. The lowest BCUT2D eigenvalue weighted by Crippen LogP contribution is -1.90. The fraction of sp³-hybridized carbons (Fsp3) is 0. The van der Waals surface area contributed by atoms with Crippen molar-refractivity contribution < 1.29 is 9.34 Å². The van der Waals surface area contributed by atoms with Crippen LogP contribution in [0.3, 0.4) is 0 Å². The van der Waals surface area contributed by atoms with Crippen LogP contribution < -0.4 is 5.32 Å². The molecule has 0 bridgehead atoms. The molecule has 2 heterocycles. The number of hydrogen-bond acceptors (Lipinski definition) is 7. The number of non-ortho nitro benzene ring substituents is 1. The second-order valence-corrected chi connectivity index (χ2v) is 4.08. The van der Waals surface area contributed by atoms with Crippen molar-refractivity contribution in [3.05, 3.63) is 58.9 Å². The van der Waals surface area contributed by atoms with Crippen molar-refractivity contribution in [1.29, 1.82) is 0 Å². The molecular weight excluding hydrogens is 274 g/mol. The summed E-state index contributed by atoms with van der Waals surface area (Å²) in [5.74, 6) is 0.274. The summed E-state index contributed by atoms with van der Waals surface area (Å²) in [5, 5.41) is 21.3. The third-order valence-electron chi connectivity index (χ3n) is 2.66. The van der Waals surface area contributed by atoms with E-state index in [-0.39, 0.29) is 17.6 Å². The van der Waals surface area contributed by atoms with E-state index in [2.05, 4.69) is 20.5 Å². The smallest absolute Gasteiger partial charge is 0.320 e. The number of nitro groups is 1. The third-order valence-corrected chi connectivity index (χ3v) is 2.66. The average Bonchev–Trinajstić information content (AvgIpc) is 2.97. The first-order chi connectivity index (χ1) is 10.2. The second-order valence-electron chi connectivity index (χ2n) is 4.08. The van der Waals surface area contributed by atoms with Gasteiger partial charge < -0.3 is 9.73 Å². The van der Waals surface area contributed by atoms with E-state index < -0.39 is 4.92 Å². The maximum absolute atomic E-state index is 10.6. The number of rotatable bonds is 4. The Hall–Kier alpha value is -3.29. The SMILES string of the molecule is O=[N+]([O-])c1ccc(-c2nnc(Nc3cccnc3)o2)cc1. The van der Waals surface area contributed by atoms with Crippen LogP contribution in [-0.4, -0.2) is 20.1 Å². The van der Waals surface area contributed by atoms with Crippen molar-refractivity contribution in [2.75, 3.05) is 5.32 Å². The summed E-state index contributed by atoms with van der Waals surface area (Å²) in [5.41, 5.74) is 1.33. The summed E-state index contributed by atoms with van der Waals surface area (Å²) in [6, 6.07) is 9.68. The Balaban J connectivity index is 1.80. The molecule has 1 N–H and O–H groups in total. The zero-order valence-electron chi connectivity index (χ0n) is 10.6. The Morgan fingerprint density at radius 1 is 1.14 bits per heavy atom. The van der Waals surface area contributed by atoms with Crippen LogP contribution in [0.4, 0.5) is 17.4 Å². The zero-order chi connectivity index (χ0) is 14.7. The highest BCUT2D eigenvalue weighted by molar-refractivity contribution is 5.57. The van der Waals surface area contributed by atoms with E-state index in [0.29, 0.717) is 5.56 Å². The molecule has 104 valence electrons. The van der Waals surface area contributed by atoms with E-state index in [1.165, 1.54) is 12.1 Å². The number of pyridine rings is 1. The molecular formula is C13H9N5O3. The van der Waals surface area contributed by atoms with E-state index in [9.17, 15) is 10.1 Å². The van der Waals surface area contributed by atoms with Gasteiger partial charge in [-0.05, 0) is 24.3 Å². The summed E-state index contributed by atoms with van der Waals surface area (Å²) in [7, 11) is 0. The van der Waals surface area contributed by atoms with Crippen molar-refractivity contribution in [1.82, 2.24) is 15.2 Å². The summed E-state index contributed by atoms with van der Waals surface area (Å²) < 4.78 is 5.44. The molecule has 3 aromatic rings. The molecule has 0 saturated carbocycles. The van der Waals surface area contributed by atoms with Gasteiger partial charge in [0.05, 0.1) is 16.8 Å². The van der Waals surface area contributed by atoms with Gasteiger partial charge >= 0.3 is 6.01 Å². The molecule has 0 aliphatic heterocycles. The van der Waals surface area contributed by atoms with Crippen molar-refractivity contribution in [2.45, 2.75) is 0 Å². The first-order valence-corrected chi connectivity index (χ1v) is 5.98. The number of hydrogen-bond donors (Lipinski definition) is 1. The van der Waals surface area contributed by atoms with Gasteiger partial charge in [0.15, 0.2) is 0 Å². The van der Waals surface area contributed by atoms with Crippen LogP contribution >= 0.6 is 0 Å². The fourth-order valence-electron chi connectivity index (χ4n) is 1.68. The number of nitro benzene ring substituents is 1. The maximum atomic E-state index is 10.6. The first-order valence-electron chi connectivity index (χ1n) is 5.98. The van der Waals surface area contributed by atoms with Crippen molar-refractivity contribution >= 4 is 17.4 Å². The molecule has 0 aliphatic rings. The highest BCUT2D eigenvalue weighted by Crippen LogP contribution is 2.23. The van der Waals surface area contributed by atoms with E-state index in [1.807, 2.05) is 6.07 Å². The minimum Gasteiger partial charge on any atom is -0.403 e. The predicted molar refractivity (Wildman–Crippen MR) is 73.9 cm³/mol. The molecule has 0 amide bonds. The molecule has 0 spiro atoms. The van der Waals surface area contributed by atoms with Crippen LogP contribution in [0.2, 0.25) is 0 Å². The fourth-order valence-corrected chi connectivity index (χ4v) is 1.68. The van der Waals surface area contributed by atoms with Gasteiger partial charge in [-0.15, -0.1) is 5.10 Å². The predicted octanol–water partition coefficient (Wildman–Crippen LogP) is 2.78. The van der Waals surface area contributed by atoms with E-state index in [1.54, 1.807) is 30.6 Å². The molecule has 8 nitrogen and oxygen atoms in total. The molecule has 0 saturated heterocycles. The lowest BCUT2D eigenvalue weighted by atomic mass is 10.2. The van der Waals surface area contributed by atoms with Gasteiger partial charge in [-0.25, -0.2) is 0 Å². The van der Waals surface area contributed by atoms with Gasteiger partial charge in [0.1, 0.15) is 0 Å². The van der Waals surface area contributed by atoms with E-state index in [4.69, 9.17) is 4.42 Å². The average molecular weight is 283 g/mol. The summed E-state index contributed by atoms with van der Waals surface area (Å²) in [6.45, 7) is 0. The Morgan fingerprint density at radius 3 is 2.62 bits per heavy atom. The maximum Gasteiger partial charge on any atom is 0.320 e. The molecule has 2 aromatic heterocycles. The largest absolute Gasteiger partial charge is 0.403 e. The van der Waals surface area contributed by atoms with Crippen LogP contribution in [0, 0.1) is 10.1 Å². The molecule has 0 radical (unpaired) electrons. The van der Waals surface area contributed by atoms with E-state index >= 15 is 0 Å². The highest BCUT2D eigenvalue weighted by Gasteiger charge is 2.11. The van der Waals surface area contributed by atoms with Crippen LogP contribution in [0.15, 0.2) is 53.2 Å². The Bertz CT molecular complexity index is 755. The number of anilines is 2. The number of nitrogens with one attached hydrogen (secondary N) is 1. The molecule has 3 rings (SSSR count). The third kappa shape index (κ3) is 2.84.